The van der Waals surface area contributed by atoms with Crippen molar-refractivity contribution in [3.63, 3.8) is 0 Å². The molecule has 4 aliphatic heterocycles. The third-order valence-electron chi connectivity index (χ3n) is 21.0. The van der Waals surface area contributed by atoms with E-state index in [0.717, 1.165) is 44.9 Å². The molecule has 13 N–H and O–H groups in total. The molecule has 0 spiro atoms. The highest BCUT2D eigenvalue weighted by Gasteiger charge is 2.70. The fraction of sp³-hybridized carbons (Fsp3) is 0.925. The molecule has 0 bridgehead atoms. The summed E-state index contributed by atoms with van der Waals surface area (Å²) in [5.74, 6) is -1.92. The fourth-order valence-electron chi connectivity index (χ4n) is 16.1. The van der Waals surface area contributed by atoms with Gasteiger partial charge in [-0.05, 0) is 109 Å². The average molecular weight is 1090 g/mol. The highest BCUT2D eigenvalue weighted by atomic mass is 16.8. The second-order valence-electron chi connectivity index (χ2n) is 25.9. The minimum Gasteiger partial charge on any atom is -0.479 e. The van der Waals surface area contributed by atoms with E-state index >= 15 is 0 Å². The fourth-order valence-corrected chi connectivity index (χ4v) is 16.1. The van der Waals surface area contributed by atoms with Crippen LogP contribution in [0.15, 0.2) is 11.6 Å². The summed E-state index contributed by atoms with van der Waals surface area (Å²) in [6.45, 7) is 14.1. The molecule has 23 nitrogen and oxygen atoms in total. The minimum absolute atomic E-state index is 0.0586. The summed E-state index contributed by atoms with van der Waals surface area (Å²) in [6.07, 6.45) is -23.9. The van der Waals surface area contributed by atoms with Crippen LogP contribution in [0, 0.1) is 50.2 Å². The number of esters is 1. The first-order valence-corrected chi connectivity index (χ1v) is 27.2. The second-order valence-corrected chi connectivity index (χ2v) is 25.9. The lowest BCUT2D eigenvalue weighted by Gasteiger charge is -2.71. The van der Waals surface area contributed by atoms with Gasteiger partial charge in [-0.2, -0.15) is 0 Å². The maximum Gasteiger partial charge on any atom is 0.335 e. The second kappa shape index (κ2) is 21.0. The van der Waals surface area contributed by atoms with Crippen LogP contribution < -0.4 is 0 Å². The molecule has 23 heteroatoms. The Balaban J connectivity index is 0.904. The molecule has 4 saturated heterocycles. The number of carboxylic acids is 1. The van der Waals surface area contributed by atoms with Crippen molar-refractivity contribution in [2.75, 3.05) is 19.8 Å². The van der Waals surface area contributed by atoms with E-state index in [0.29, 0.717) is 19.3 Å². The van der Waals surface area contributed by atoms with Crippen LogP contribution in [0.2, 0.25) is 0 Å². The van der Waals surface area contributed by atoms with Gasteiger partial charge in [0, 0.05) is 0 Å². The summed E-state index contributed by atoms with van der Waals surface area (Å²) in [5.41, 5.74) is -0.818. The molecule has 27 unspecified atom stereocenters. The van der Waals surface area contributed by atoms with Gasteiger partial charge >= 0.3 is 11.9 Å². The summed E-state index contributed by atoms with van der Waals surface area (Å²) in [4.78, 5) is 26.7. The van der Waals surface area contributed by atoms with Gasteiger partial charge < -0.3 is 104 Å². The van der Waals surface area contributed by atoms with Gasteiger partial charge in [-0.15, -0.1) is 0 Å². The molecule has 76 heavy (non-hydrogen) atoms. The largest absolute Gasteiger partial charge is 0.479 e. The van der Waals surface area contributed by atoms with Crippen LogP contribution in [-0.2, 0) is 47.5 Å². The van der Waals surface area contributed by atoms with Crippen LogP contribution in [0.4, 0.5) is 0 Å². The van der Waals surface area contributed by atoms with Crippen molar-refractivity contribution in [2.45, 2.75) is 235 Å². The first-order valence-electron chi connectivity index (χ1n) is 27.2. The lowest BCUT2D eigenvalue weighted by atomic mass is 9.33. The molecular weight excluding hydrogens is 1000 g/mol. The number of rotatable bonds is 11. The number of aliphatic hydroxyl groups is 12. The van der Waals surface area contributed by atoms with Gasteiger partial charge in [0.15, 0.2) is 25.0 Å². The lowest BCUT2D eigenvalue weighted by Crippen LogP contribution is -2.66. The Kier molecular flexibility index (Phi) is 16.2. The standard InChI is InChI=1S/C53H84O23/c1-48(2)14-16-53(47(68)76-43-37(63)30(56)24(55)20-69-43)17-15-51(6)22(23(53)18-48)8-9-28-50(5)12-11-29(49(3,4)27(50)10-13-52(28,51)7)73-44-38(64)34(60)32(58)26(72-44)21-70-46-41(36(62)35(61)40(74-46)42(66)67)75-45-39(65)33(59)31(57)25(19-54)71-45/h8,23-41,43-46,54-65H,9-21H2,1-7H3,(H,66,67). The van der Waals surface area contributed by atoms with E-state index < -0.39 is 159 Å². The minimum atomic E-state index is -2.11. The van der Waals surface area contributed by atoms with Crippen LogP contribution in [-0.4, -0.2) is 221 Å². The molecule has 9 rings (SSSR count). The van der Waals surface area contributed by atoms with Crippen LogP contribution >= 0.6 is 0 Å². The van der Waals surface area contributed by atoms with Crippen molar-refractivity contribution < 1.29 is 114 Å². The Bertz CT molecular complexity index is 2140. The van der Waals surface area contributed by atoms with E-state index in [1.165, 1.54) is 5.57 Å². The zero-order valence-corrected chi connectivity index (χ0v) is 44.4. The number of aliphatic hydroxyl groups excluding tert-OH is 12. The maximum absolute atomic E-state index is 14.6. The number of hydrogen-bond donors (Lipinski definition) is 13. The number of fused-ring (bicyclic) bond motifs is 7. The van der Waals surface area contributed by atoms with Gasteiger partial charge in [-0.1, -0.05) is 60.1 Å². The van der Waals surface area contributed by atoms with E-state index in [1.54, 1.807) is 0 Å². The van der Waals surface area contributed by atoms with Crippen molar-refractivity contribution in [3.8, 4) is 0 Å². The first-order chi connectivity index (χ1) is 35.5. The van der Waals surface area contributed by atoms with E-state index in [4.69, 9.17) is 37.9 Å². The molecule has 0 amide bonds. The Morgan fingerprint density at radius 1 is 0.632 bits per heavy atom. The molecule has 5 aliphatic carbocycles. The van der Waals surface area contributed by atoms with Gasteiger partial charge in [0.2, 0.25) is 6.29 Å². The number of aliphatic carboxylic acids is 1. The number of carbonyl (C=O) groups is 2. The maximum atomic E-state index is 14.6. The molecule has 27 atom stereocenters. The number of hydrogen-bond acceptors (Lipinski definition) is 22. The Labute approximate surface area is 442 Å². The van der Waals surface area contributed by atoms with Gasteiger partial charge in [-0.3, -0.25) is 4.79 Å². The highest BCUT2D eigenvalue weighted by Crippen LogP contribution is 2.76. The van der Waals surface area contributed by atoms with Crippen LogP contribution in [0.5, 0.6) is 0 Å². The normalized spacial score (nSPS) is 52.9. The molecule has 0 aromatic heterocycles. The predicted octanol–water partition coefficient (Wildman–Crippen LogP) is -1.30. The monoisotopic (exact) mass is 1090 g/mol. The Hall–Kier alpha value is -2.08. The van der Waals surface area contributed by atoms with Crippen LogP contribution in [0.3, 0.4) is 0 Å². The van der Waals surface area contributed by atoms with Crippen LogP contribution in [0.1, 0.15) is 113 Å². The summed E-state index contributed by atoms with van der Waals surface area (Å²) in [6, 6.07) is 0. The lowest BCUT2D eigenvalue weighted by molar-refractivity contribution is -0.371. The Morgan fingerprint density at radius 3 is 1.91 bits per heavy atom. The molecule has 4 heterocycles. The average Bonchev–Trinajstić information content (AvgIpc) is 3.54. The van der Waals surface area contributed by atoms with Gasteiger partial charge in [0.25, 0.3) is 0 Å². The summed E-state index contributed by atoms with van der Waals surface area (Å²) >= 11 is 0. The molecule has 0 aromatic rings. The quantitative estimate of drug-likeness (QED) is 0.0649. The molecular formula is C53H84O23. The molecule has 0 radical (unpaired) electrons. The van der Waals surface area contributed by atoms with Crippen molar-refractivity contribution in [2.24, 2.45) is 50.2 Å². The third kappa shape index (κ3) is 9.52. The molecule has 8 fully saturated rings. The third-order valence-corrected chi connectivity index (χ3v) is 21.0. The molecule has 0 aromatic carbocycles. The smallest absolute Gasteiger partial charge is 0.335 e. The van der Waals surface area contributed by atoms with Crippen molar-refractivity contribution >= 4 is 11.9 Å². The number of allylic oxidation sites excluding steroid dienone is 2. The van der Waals surface area contributed by atoms with Crippen molar-refractivity contribution in [3.05, 3.63) is 11.6 Å². The first kappa shape index (κ1) is 58.6. The summed E-state index contributed by atoms with van der Waals surface area (Å²) in [7, 11) is 0. The van der Waals surface area contributed by atoms with Crippen molar-refractivity contribution in [1.29, 1.82) is 0 Å². The SMILES string of the molecule is CC1(C)CCC2(C(=O)OC3OCC(O)C(O)C3O)CCC3(C)C(=CCC4C5(C)CCC(OC6OC(COC7OC(C(=O)O)C(O)C(O)C7OC7OC(CO)C(O)C(O)C7O)C(O)C(O)C6O)C(C)(C)C5CCC43C)C2C1. The molecule has 4 saturated carbocycles. The van der Waals surface area contributed by atoms with E-state index in [2.05, 4.69) is 54.5 Å². The van der Waals surface area contributed by atoms with Gasteiger partial charge in [-0.25, -0.2) is 4.79 Å². The van der Waals surface area contributed by atoms with Gasteiger partial charge in [0.1, 0.15) is 85.5 Å². The summed E-state index contributed by atoms with van der Waals surface area (Å²) < 4.78 is 46.8. The van der Waals surface area contributed by atoms with Gasteiger partial charge in [0.05, 0.1) is 31.3 Å². The number of carbonyl (C=O) groups excluding carboxylic acids is 1. The molecule has 9 aliphatic rings. The van der Waals surface area contributed by atoms with Crippen LogP contribution in [0.25, 0.3) is 0 Å². The van der Waals surface area contributed by atoms with Crippen molar-refractivity contribution in [1.82, 2.24) is 0 Å². The number of carboxylic acid groups (broad SMARTS) is 1. The Morgan fingerprint density at radius 2 is 1.25 bits per heavy atom. The van der Waals surface area contributed by atoms with E-state index in [1.807, 2.05) is 0 Å². The number of ether oxygens (including phenoxy) is 8. The van der Waals surface area contributed by atoms with E-state index in [-0.39, 0.29) is 46.0 Å². The topological polar surface area (TPSA) is 371 Å². The predicted molar refractivity (Wildman–Crippen MR) is 257 cm³/mol. The van der Waals surface area contributed by atoms with E-state index in [9.17, 15) is 76.0 Å². The zero-order chi connectivity index (χ0) is 55.6. The highest BCUT2D eigenvalue weighted by molar-refractivity contribution is 5.79. The molecule has 434 valence electrons. The summed E-state index contributed by atoms with van der Waals surface area (Å²) in [5, 5.41) is 138. The zero-order valence-electron chi connectivity index (χ0n) is 44.4.